The quantitative estimate of drug-likeness (QED) is 0.261. The Kier molecular flexibility index (Phi) is 9.36. The van der Waals surface area contributed by atoms with Crippen LogP contribution < -0.4 is 19.7 Å². The molecule has 0 unspecified atom stereocenters. The van der Waals surface area contributed by atoms with Crippen LogP contribution in [0.1, 0.15) is 38.2 Å². The Bertz CT molecular complexity index is 1170. The van der Waals surface area contributed by atoms with Crippen molar-refractivity contribution in [2.24, 2.45) is 0 Å². The van der Waals surface area contributed by atoms with Gasteiger partial charge < -0.3 is 18.9 Å². The molecule has 1 aliphatic rings. The Labute approximate surface area is 211 Å². The number of ether oxygens (including phenoxy) is 4. The number of hydroxylamine groups is 1. The lowest BCUT2D eigenvalue weighted by Crippen LogP contribution is -2.54. The van der Waals surface area contributed by atoms with Crippen LogP contribution in [0.25, 0.3) is 5.57 Å². The molecule has 10 heteroatoms. The second-order valence-corrected chi connectivity index (χ2v) is 10.7. The van der Waals surface area contributed by atoms with E-state index in [1.165, 1.54) is 17.6 Å². The number of nitrogens with one attached hydrogen (secondary N) is 1. The number of unbranched alkanes of at least 4 members (excludes halogenated alkanes) is 1. The molecule has 9 nitrogen and oxygen atoms in total. The first kappa shape index (κ1) is 27.5. The number of carbonyl (C=O) groups is 1. The summed E-state index contributed by atoms with van der Waals surface area (Å²) in [5.41, 5.74) is 3.59. The zero-order chi connectivity index (χ0) is 26.2. The third-order valence-corrected chi connectivity index (χ3v) is 8.88. The van der Waals surface area contributed by atoms with Crippen LogP contribution in [0.4, 0.5) is 0 Å². The maximum Gasteiger partial charge on any atom is 0.265 e. The van der Waals surface area contributed by atoms with Gasteiger partial charge in [-0.2, -0.15) is 0 Å². The van der Waals surface area contributed by atoms with Crippen LogP contribution in [-0.4, -0.2) is 58.3 Å². The smallest absolute Gasteiger partial charge is 0.265 e. The lowest BCUT2D eigenvalue weighted by Gasteiger charge is -2.34. The molecule has 3 rings (SSSR count). The lowest BCUT2D eigenvalue weighted by atomic mass is 9.98. The molecule has 2 N–H and O–H groups in total. The predicted octanol–water partition coefficient (Wildman–Crippen LogP) is 3.79. The highest BCUT2D eigenvalue weighted by Crippen LogP contribution is 2.36. The summed E-state index contributed by atoms with van der Waals surface area (Å²) in [6.45, 7) is 2.70. The van der Waals surface area contributed by atoms with E-state index in [9.17, 15) is 13.2 Å². The summed E-state index contributed by atoms with van der Waals surface area (Å²) in [6.07, 6.45) is 3.59. The van der Waals surface area contributed by atoms with Gasteiger partial charge in [-0.3, -0.25) is 10.0 Å². The molecule has 0 aliphatic carbocycles. The summed E-state index contributed by atoms with van der Waals surface area (Å²) >= 11 is 0. The van der Waals surface area contributed by atoms with Crippen LogP contribution in [-0.2, 0) is 19.4 Å². The van der Waals surface area contributed by atoms with Gasteiger partial charge in [0.15, 0.2) is 14.6 Å². The molecule has 196 valence electrons. The highest BCUT2D eigenvalue weighted by Gasteiger charge is 2.52. The standard InChI is InChI=1S/C26H33NO8S/c1-19(23-12-9-21(32-2)18-24(23)33-3)6-4-5-15-35-20-7-10-22(11-8-20)36(30,31)26(25(28)27-29)13-16-34-17-14-26/h6-12,18,29H,4-5,13-17H2,1-3H3,(H,27,28). The molecule has 0 saturated carbocycles. The molecule has 36 heavy (non-hydrogen) atoms. The van der Waals surface area contributed by atoms with Gasteiger partial charge in [-0.1, -0.05) is 6.08 Å². The molecule has 2 aromatic rings. The van der Waals surface area contributed by atoms with Crippen molar-refractivity contribution < 1.29 is 37.4 Å². The Morgan fingerprint density at radius 3 is 2.36 bits per heavy atom. The van der Waals surface area contributed by atoms with Crippen LogP contribution in [0.5, 0.6) is 17.2 Å². The number of carbonyl (C=O) groups excluding carboxylic acids is 1. The second-order valence-electron chi connectivity index (χ2n) is 8.47. The van der Waals surface area contributed by atoms with E-state index in [-0.39, 0.29) is 31.0 Å². The van der Waals surface area contributed by atoms with E-state index in [4.69, 9.17) is 24.2 Å². The average Bonchev–Trinajstić information content (AvgIpc) is 2.92. The first-order valence-corrected chi connectivity index (χ1v) is 13.2. The lowest BCUT2D eigenvalue weighted by molar-refractivity contribution is -0.134. The number of methoxy groups -OCH3 is 2. The zero-order valence-electron chi connectivity index (χ0n) is 20.8. The number of hydrogen-bond donors (Lipinski definition) is 2. The Hall–Kier alpha value is -3.08. The minimum absolute atomic E-state index is 0.00709. The largest absolute Gasteiger partial charge is 0.497 e. The first-order chi connectivity index (χ1) is 17.3. The number of allylic oxidation sites excluding steroid dienone is 2. The summed E-state index contributed by atoms with van der Waals surface area (Å²) in [5.74, 6) is 1.06. The highest BCUT2D eigenvalue weighted by atomic mass is 32.2. The molecule has 0 spiro atoms. The van der Waals surface area contributed by atoms with Gasteiger partial charge in [0.05, 0.1) is 25.7 Å². The van der Waals surface area contributed by atoms with Crippen LogP contribution in [0.2, 0.25) is 0 Å². The molecular weight excluding hydrogens is 486 g/mol. The monoisotopic (exact) mass is 519 g/mol. The molecule has 2 aromatic carbocycles. The molecule has 1 saturated heterocycles. The fraction of sp³-hybridized carbons (Fsp3) is 0.423. The number of sulfone groups is 1. The van der Waals surface area contributed by atoms with Crippen molar-refractivity contribution in [2.75, 3.05) is 34.0 Å². The number of rotatable bonds is 11. The van der Waals surface area contributed by atoms with Gasteiger partial charge >= 0.3 is 0 Å². The normalized spacial score (nSPS) is 15.7. The summed E-state index contributed by atoms with van der Waals surface area (Å²) in [4.78, 5) is 12.3. The van der Waals surface area contributed by atoms with Crippen LogP contribution in [0.3, 0.4) is 0 Å². The molecule has 0 radical (unpaired) electrons. The number of benzene rings is 2. The predicted molar refractivity (Wildman–Crippen MR) is 134 cm³/mol. The minimum Gasteiger partial charge on any atom is -0.497 e. The van der Waals surface area contributed by atoms with Crippen molar-refractivity contribution in [2.45, 2.75) is 42.2 Å². The summed E-state index contributed by atoms with van der Waals surface area (Å²) in [6, 6.07) is 11.7. The maximum absolute atomic E-state index is 13.3. The van der Waals surface area contributed by atoms with E-state index in [1.54, 1.807) is 26.4 Å². The summed E-state index contributed by atoms with van der Waals surface area (Å²) in [5, 5.41) is 9.15. The van der Waals surface area contributed by atoms with Crippen molar-refractivity contribution in [1.82, 2.24) is 5.48 Å². The van der Waals surface area contributed by atoms with E-state index in [1.807, 2.05) is 25.1 Å². The van der Waals surface area contributed by atoms with Crippen LogP contribution in [0, 0.1) is 0 Å². The third kappa shape index (κ3) is 5.83. The van der Waals surface area contributed by atoms with Gasteiger partial charge in [0.2, 0.25) is 0 Å². The second kappa shape index (κ2) is 12.2. The van der Waals surface area contributed by atoms with E-state index >= 15 is 0 Å². The van der Waals surface area contributed by atoms with Gasteiger partial charge in [-0.05, 0) is 74.6 Å². The van der Waals surface area contributed by atoms with Crippen molar-refractivity contribution in [3.05, 3.63) is 54.1 Å². The average molecular weight is 520 g/mol. The van der Waals surface area contributed by atoms with Crippen molar-refractivity contribution in [3.63, 3.8) is 0 Å². The van der Waals surface area contributed by atoms with Gasteiger partial charge in [0.1, 0.15) is 17.2 Å². The van der Waals surface area contributed by atoms with Crippen molar-refractivity contribution in [3.8, 4) is 17.2 Å². The van der Waals surface area contributed by atoms with Crippen molar-refractivity contribution in [1.29, 1.82) is 0 Å². The summed E-state index contributed by atoms with van der Waals surface area (Å²) in [7, 11) is -0.822. The van der Waals surface area contributed by atoms with E-state index in [0.29, 0.717) is 12.4 Å². The first-order valence-electron chi connectivity index (χ1n) is 11.7. The van der Waals surface area contributed by atoms with Crippen LogP contribution in [0.15, 0.2) is 53.4 Å². The Balaban J connectivity index is 1.59. The fourth-order valence-electron chi connectivity index (χ4n) is 4.19. The Morgan fingerprint density at radius 2 is 1.75 bits per heavy atom. The summed E-state index contributed by atoms with van der Waals surface area (Å²) < 4.78 is 46.5. The van der Waals surface area contributed by atoms with Gasteiger partial charge in [0.25, 0.3) is 5.91 Å². The van der Waals surface area contributed by atoms with E-state index in [2.05, 4.69) is 6.08 Å². The molecule has 1 amide bonds. The topological polar surface area (TPSA) is 120 Å². The van der Waals surface area contributed by atoms with E-state index in [0.717, 1.165) is 35.5 Å². The number of hydrogen-bond acceptors (Lipinski definition) is 8. The Morgan fingerprint density at radius 1 is 1.08 bits per heavy atom. The van der Waals surface area contributed by atoms with Gasteiger partial charge in [-0.15, -0.1) is 0 Å². The SMILES string of the molecule is COc1ccc(C(C)=CCCCOc2ccc(S(=O)(=O)C3(C(=O)NO)CCOCC3)cc2)c(OC)c1. The third-order valence-electron chi connectivity index (χ3n) is 6.37. The zero-order valence-corrected chi connectivity index (χ0v) is 21.6. The molecule has 1 aliphatic heterocycles. The maximum atomic E-state index is 13.3. The minimum atomic E-state index is -4.06. The molecular formula is C26H33NO8S. The van der Waals surface area contributed by atoms with Gasteiger partial charge in [-0.25, -0.2) is 13.9 Å². The number of amides is 1. The molecule has 1 heterocycles. The highest BCUT2D eigenvalue weighted by molar-refractivity contribution is 7.93. The molecule has 1 fully saturated rings. The van der Waals surface area contributed by atoms with E-state index < -0.39 is 20.5 Å². The fourth-order valence-corrected chi connectivity index (χ4v) is 6.13. The molecule has 0 atom stereocenters. The van der Waals surface area contributed by atoms with Crippen LogP contribution >= 0.6 is 0 Å². The van der Waals surface area contributed by atoms with Gasteiger partial charge in [0, 0.05) is 24.8 Å². The molecule has 0 aromatic heterocycles. The molecule has 0 bridgehead atoms. The van der Waals surface area contributed by atoms with Crippen molar-refractivity contribution >= 4 is 21.3 Å².